The molecule has 21 heavy (non-hydrogen) atoms. The molecule has 0 saturated heterocycles. The van der Waals surface area contributed by atoms with Gasteiger partial charge in [0.2, 0.25) is 0 Å². The summed E-state index contributed by atoms with van der Waals surface area (Å²) in [5.74, 6) is -1.23. The van der Waals surface area contributed by atoms with Crippen LogP contribution in [-0.4, -0.2) is 16.1 Å². The van der Waals surface area contributed by atoms with E-state index in [1.54, 1.807) is 36.4 Å². The Morgan fingerprint density at radius 2 is 1.62 bits per heavy atom. The molecule has 0 aliphatic heterocycles. The van der Waals surface area contributed by atoms with Gasteiger partial charge in [0.25, 0.3) is 0 Å². The molecule has 3 aromatic rings. The summed E-state index contributed by atoms with van der Waals surface area (Å²) in [6.07, 6.45) is 0. The van der Waals surface area contributed by atoms with Crippen molar-refractivity contribution in [3.63, 3.8) is 0 Å². The first-order valence-electron chi connectivity index (χ1n) is 6.19. The average molecular weight is 299 g/mol. The van der Waals surface area contributed by atoms with Gasteiger partial charge in [-0.25, -0.2) is 14.2 Å². The van der Waals surface area contributed by atoms with Crippen LogP contribution in [0, 0.1) is 5.82 Å². The van der Waals surface area contributed by atoms with E-state index < -0.39 is 5.97 Å². The lowest BCUT2D eigenvalue weighted by Crippen LogP contribution is -1.94. The maximum absolute atomic E-state index is 12.9. The molecule has 0 aliphatic rings. The quantitative estimate of drug-likeness (QED) is 0.783. The van der Waals surface area contributed by atoms with Crippen molar-refractivity contribution in [3.8, 4) is 21.8 Å². The molecule has 3 nitrogen and oxygen atoms in total. The Bertz CT molecular complexity index is 779. The summed E-state index contributed by atoms with van der Waals surface area (Å²) in [5.41, 5.74) is 2.73. The second-order valence-corrected chi connectivity index (χ2v) is 5.29. The second kappa shape index (κ2) is 5.46. The fraction of sp³-hybridized carbons (Fsp3) is 0. The van der Waals surface area contributed by atoms with Crippen molar-refractivity contribution in [2.24, 2.45) is 0 Å². The second-order valence-electron chi connectivity index (χ2n) is 4.43. The van der Waals surface area contributed by atoms with Gasteiger partial charge in [-0.2, -0.15) is 0 Å². The highest BCUT2D eigenvalue weighted by Crippen LogP contribution is 2.29. The van der Waals surface area contributed by atoms with E-state index in [-0.39, 0.29) is 11.4 Å². The van der Waals surface area contributed by atoms with Crippen molar-refractivity contribution in [2.45, 2.75) is 0 Å². The molecule has 0 aliphatic carbocycles. The predicted octanol–water partition coefficient (Wildman–Crippen LogP) is 4.31. The number of carboxylic acids is 1. The fourth-order valence-electron chi connectivity index (χ4n) is 1.91. The summed E-state index contributed by atoms with van der Waals surface area (Å²) < 4.78 is 12.9. The smallest absolute Gasteiger partial charge is 0.335 e. The van der Waals surface area contributed by atoms with E-state index in [1.807, 2.05) is 5.38 Å². The van der Waals surface area contributed by atoms with Crippen LogP contribution < -0.4 is 0 Å². The zero-order valence-electron chi connectivity index (χ0n) is 10.8. The fourth-order valence-corrected chi connectivity index (χ4v) is 2.75. The van der Waals surface area contributed by atoms with Crippen LogP contribution >= 0.6 is 11.3 Å². The van der Waals surface area contributed by atoms with Gasteiger partial charge in [0.05, 0.1) is 11.3 Å². The van der Waals surface area contributed by atoms with Crippen molar-refractivity contribution < 1.29 is 14.3 Å². The largest absolute Gasteiger partial charge is 0.478 e. The number of thiazole rings is 1. The third kappa shape index (κ3) is 2.83. The third-order valence-corrected chi connectivity index (χ3v) is 3.91. The Morgan fingerprint density at radius 1 is 1.00 bits per heavy atom. The first-order chi connectivity index (χ1) is 10.1. The topological polar surface area (TPSA) is 50.2 Å². The van der Waals surface area contributed by atoms with Crippen LogP contribution in [-0.2, 0) is 0 Å². The molecule has 0 atom stereocenters. The van der Waals surface area contributed by atoms with E-state index in [4.69, 9.17) is 5.11 Å². The Hall–Kier alpha value is -2.53. The van der Waals surface area contributed by atoms with Crippen LogP contribution in [0.4, 0.5) is 4.39 Å². The van der Waals surface area contributed by atoms with Crippen LogP contribution in [0.1, 0.15) is 10.4 Å². The average Bonchev–Trinajstić information content (AvgIpc) is 2.98. The van der Waals surface area contributed by atoms with Gasteiger partial charge < -0.3 is 5.11 Å². The van der Waals surface area contributed by atoms with Crippen molar-refractivity contribution in [1.82, 2.24) is 4.98 Å². The van der Waals surface area contributed by atoms with Gasteiger partial charge in [-0.15, -0.1) is 11.3 Å². The summed E-state index contributed by atoms with van der Waals surface area (Å²) in [6.45, 7) is 0. The van der Waals surface area contributed by atoms with Crippen LogP contribution in [0.3, 0.4) is 0 Å². The van der Waals surface area contributed by atoms with E-state index in [1.165, 1.54) is 23.5 Å². The Balaban J connectivity index is 1.90. The number of carboxylic acid groups (broad SMARTS) is 1. The SMILES string of the molecule is O=C(O)c1ccc(-c2csc(-c3ccc(F)cc3)n2)cc1. The number of nitrogens with zero attached hydrogens (tertiary/aromatic N) is 1. The van der Waals surface area contributed by atoms with Crippen LogP contribution in [0.15, 0.2) is 53.9 Å². The number of aromatic nitrogens is 1. The van der Waals surface area contributed by atoms with E-state index in [2.05, 4.69) is 4.98 Å². The van der Waals surface area contributed by atoms with Gasteiger partial charge in [0.15, 0.2) is 0 Å². The maximum Gasteiger partial charge on any atom is 0.335 e. The molecule has 1 heterocycles. The number of benzene rings is 2. The minimum Gasteiger partial charge on any atom is -0.478 e. The molecule has 1 aromatic heterocycles. The summed E-state index contributed by atoms with van der Waals surface area (Å²) in [4.78, 5) is 15.3. The van der Waals surface area contributed by atoms with Crippen molar-refractivity contribution in [3.05, 3.63) is 65.3 Å². The lowest BCUT2D eigenvalue weighted by Gasteiger charge is -1.98. The molecule has 0 bridgehead atoms. The highest BCUT2D eigenvalue weighted by Gasteiger charge is 2.08. The molecule has 0 fully saturated rings. The molecule has 0 spiro atoms. The van der Waals surface area contributed by atoms with E-state index in [0.29, 0.717) is 0 Å². The van der Waals surface area contributed by atoms with Crippen LogP contribution in [0.5, 0.6) is 0 Å². The molecule has 0 unspecified atom stereocenters. The summed E-state index contributed by atoms with van der Waals surface area (Å²) in [5, 5.41) is 11.6. The number of rotatable bonds is 3. The first-order valence-corrected chi connectivity index (χ1v) is 7.06. The first kappa shape index (κ1) is 13.5. The Morgan fingerprint density at radius 3 is 2.24 bits per heavy atom. The third-order valence-electron chi connectivity index (χ3n) is 3.02. The van der Waals surface area contributed by atoms with E-state index in [0.717, 1.165) is 21.8 Å². The predicted molar refractivity (Wildman–Crippen MR) is 79.9 cm³/mol. The highest BCUT2D eigenvalue weighted by molar-refractivity contribution is 7.13. The van der Waals surface area contributed by atoms with Gasteiger partial charge in [0.1, 0.15) is 10.8 Å². The molecule has 2 aromatic carbocycles. The standard InChI is InChI=1S/C16H10FNO2S/c17-13-7-5-11(6-8-13)15-18-14(9-21-15)10-1-3-12(4-2-10)16(19)20/h1-9H,(H,19,20). The van der Waals surface area contributed by atoms with Crippen molar-refractivity contribution in [2.75, 3.05) is 0 Å². The van der Waals surface area contributed by atoms with E-state index >= 15 is 0 Å². The molecule has 0 amide bonds. The molecule has 1 N–H and O–H groups in total. The monoisotopic (exact) mass is 299 g/mol. The minimum absolute atomic E-state index is 0.243. The molecular weight excluding hydrogens is 289 g/mol. The molecule has 3 rings (SSSR count). The van der Waals surface area contributed by atoms with Crippen LogP contribution in [0.25, 0.3) is 21.8 Å². The summed E-state index contributed by atoms with van der Waals surface area (Å²) in [6, 6.07) is 12.7. The molecule has 5 heteroatoms. The summed E-state index contributed by atoms with van der Waals surface area (Å²) >= 11 is 1.46. The Kier molecular flexibility index (Phi) is 3.50. The maximum atomic E-state index is 12.9. The highest BCUT2D eigenvalue weighted by atomic mass is 32.1. The molecule has 104 valence electrons. The van der Waals surface area contributed by atoms with Gasteiger partial charge in [-0.3, -0.25) is 0 Å². The Labute approximate surface area is 124 Å². The minimum atomic E-state index is -0.952. The lowest BCUT2D eigenvalue weighted by molar-refractivity contribution is 0.0697. The van der Waals surface area contributed by atoms with Gasteiger partial charge in [0, 0.05) is 16.5 Å². The molecular formula is C16H10FNO2S. The number of hydrogen-bond donors (Lipinski definition) is 1. The number of hydrogen-bond acceptors (Lipinski definition) is 3. The number of halogens is 1. The molecule has 0 saturated carbocycles. The van der Waals surface area contributed by atoms with Crippen molar-refractivity contribution >= 4 is 17.3 Å². The normalized spacial score (nSPS) is 10.5. The zero-order valence-corrected chi connectivity index (χ0v) is 11.6. The zero-order chi connectivity index (χ0) is 14.8. The van der Waals surface area contributed by atoms with E-state index in [9.17, 15) is 9.18 Å². The summed E-state index contributed by atoms with van der Waals surface area (Å²) in [7, 11) is 0. The number of carbonyl (C=O) groups is 1. The van der Waals surface area contributed by atoms with Gasteiger partial charge in [-0.05, 0) is 36.4 Å². The molecule has 0 radical (unpaired) electrons. The van der Waals surface area contributed by atoms with Gasteiger partial charge in [-0.1, -0.05) is 12.1 Å². The number of aromatic carboxylic acids is 1. The van der Waals surface area contributed by atoms with Crippen LogP contribution in [0.2, 0.25) is 0 Å². The lowest BCUT2D eigenvalue weighted by atomic mass is 10.1. The van der Waals surface area contributed by atoms with Crippen molar-refractivity contribution in [1.29, 1.82) is 0 Å². The van der Waals surface area contributed by atoms with Gasteiger partial charge >= 0.3 is 5.97 Å².